The smallest absolute Gasteiger partial charge is 0.274 e. The molecule has 1 aromatic heterocycles. The molecule has 1 amide bonds. The van der Waals surface area contributed by atoms with E-state index in [1.54, 1.807) is 17.0 Å². The predicted octanol–water partition coefficient (Wildman–Crippen LogP) is 4.26. The highest BCUT2D eigenvalue weighted by molar-refractivity contribution is 7.20. The Kier molecular flexibility index (Phi) is 4.76. The molecule has 0 N–H and O–H groups in total. The van der Waals surface area contributed by atoms with Gasteiger partial charge in [-0.2, -0.15) is 0 Å². The molecule has 0 aliphatic carbocycles. The Hall–Kier alpha value is -2.47. The van der Waals surface area contributed by atoms with Crippen molar-refractivity contribution in [2.24, 2.45) is 0 Å². The second-order valence-electron chi connectivity index (χ2n) is 5.57. The number of hydrogen-bond acceptors (Lipinski definition) is 4. The van der Waals surface area contributed by atoms with Gasteiger partial charge in [-0.05, 0) is 50.2 Å². The van der Waals surface area contributed by atoms with Crippen molar-refractivity contribution < 1.29 is 13.9 Å². The van der Waals surface area contributed by atoms with Crippen LogP contribution in [0.15, 0.2) is 48.5 Å². The topological polar surface area (TPSA) is 42.4 Å². The normalized spacial score (nSPS) is 11.0. The number of carbonyl (C=O) groups is 1. The minimum Gasteiger partial charge on any atom is -0.460 e. The lowest BCUT2D eigenvalue weighted by molar-refractivity contribution is -0.120. The van der Waals surface area contributed by atoms with Crippen molar-refractivity contribution in [1.82, 2.24) is 4.98 Å². The number of ether oxygens (including phenoxy) is 1. The summed E-state index contributed by atoms with van der Waals surface area (Å²) in [6, 6.07) is 13.5. The number of fused-ring (bicyclic) bond motifs is 1. The van der Waals surface area contributed by atoms with Gasteiger partial charge < -0.3 is 9.64 Å². The Morgan fingerprint density at radius 3 is 2.58 bits per heavy atom. The van der Waals surface area contributed by atoms with Gasteiger partial charge in [0.1, 0.15) is 5.82 Å². The third kappa shape index (κ3) is 3.54. The fourth-order valence-corrected chi connectivity index (χ4v) is 3.25. The second kappa shape index (κ2) is 6.97. The zero-order valence-electron chi connectivity index (χ0n) is 13.4. The molecule has 0 saturated carbocycles. The molecule has 2 aromatic carbocycles. The quantitative estimate of drug-likeness (QED) is 0.695. The van der Waals surface area contributed by atoms with Gasteiger partial charge in [0.15, 0.2) is 6.61 Å². The molecular formula is C18H17FN2O2S. The number of hydrogen-bond donors (Lipinski definition) is 0. The van der Waals surface area contributed by atoms with Gasteiger partial charge in [-0.1, -0.05) is 23.5 Å². The van der Waals surface area contributed by atoms with Crippen LogP contribution >= 0.6 is 11.3 Å². The van der Waals surface area contributed by atoms with Crippen LogP contribution in [0, 0.1) is 5.82 Å². The number of anilines is 1. The van der Waals surface area contributed by atoms with Crippen LogP contribution in [-0.2, 0) is 4.79 Å². The molecule has 24 heavy (non-hydrogen) atoms. The Morgan fingerprint density at radius 2 is 1.92 bits per heavy atom. The first-order chi connectivity index (χ1) is 11.5. The molecule has 0 spiro atoms. The molecule has 0 bridgehead atoms. The number of carbonyl (C=O) groups excluding carboxylic acids is 1. The molecule has 124 valence electrons. The minimum atomic E-state index is -0.333. The lowest BCUT2D eigenvalue weighted by Gasteiger charge is -2.26. The van der Waals surface area contributed by atoms with Crippen LogP contribution in [0.1, 0.15) is 13.8 Å². The van der Waals surface area contributed by atoms with E-state index in [2.05, 4.69) is 4.98 Å². The fraction of sp³-hybridized carbons (Fsp3) is 0.222. The Bertz CT molecular complexity index is 813. The first kappa shape index (κ1) is 16.4. The highest BCUT2D eigenvalue weighted by Crippen LogP contribution is 2.27. The fourth-order valence-electron chi connectivity index (χ4n) is 2.44. The summed E-state index contributed by atoms with van der Waals surface area (Å²) in [6.45, 7) is 3.69. The maximum atomic E-state index is 13.1. The van der Waals surface area contributed by atoms with Crippen LogP contribution in [0.25, 0.3) is 10.2 Å². The molecule has 6 heteroatoms. The summed E-state index contributed by atoms with van der Waals surface area (Å²) in [7, 11) is 0. The van der Waals surface area contributed by atoms with Crippen molar-refractivity contribution in [1.29, 1.82) is 0 Å². The molecular weight excluding hydrogens is 327 g/mol. The molecule has 3 aromatic rings. The van der Waals surface area contributed by atoms with Crippen molar-refractivity contribution in [2.75, 3.05) is 11.5 Å². The average molecular weight is 344 g/mol. The highest BCUT2D eigenvalue weighted by atomic mass is 32.1. The highest BCUT2D eigenvalue weighted by Gasteiger charge is 2.20. The number of nitrogens with zero attached hydrogens (tertiary/aromatic N) is 2. The van der Waals surface area contributed by atoms with Crippen molar-refractivity contribution in [3.63, 3.8) is 0 Å². The van der Waals surface area contributed by atoms with Gasteiger partial charge in [-0.3, -0.25) is 4.79 Å². The minimum absolute atomic E-state index is 0.0677. The molecule has 0 radical (unpaired) electrons. The van der Waals surface area contributed by atoms with E-state index >= 15 is 0 Å². The average Bonchev–Trinajstić information content (AvgIpc) is 2.97. The first-order valence-corrected chi connectivity index (χ1v) is 8.42. The molecule has 1 heterocycles. The van der Waals surface area contributed by atoms with E-state index in [4.69, 9.17) is 4.74 Å². The number of benzene rings is 2. The molecule has 0 aliphatic rings. The van der Waals surface area contributed by atoms with Gasteiger partial charge in [0.2, 0.25) is 0 Å². The maximum absolute atomic E-state index is 13.1. The standard InChI is InChI=1S/C18H17FN2O2S/c1-12(2)21(14-9-7-13(19)8-10-14)17(22)11-23-18-20-15-5-3-4-6-16(15)24-18/h3-10,12H,11H2,1-2H3. The van der Waals surface area contributed by atoms with E-state index in [9.17, 15) is 9.18 Å². The maximum Gasteiger partial charge on any atom is 0.274 e. The largest absolute Gasteiger partial charge is 0.460 e. The van der Waals surface area contributed by atoms with E-state index in [1.807, 2.05) is 38.1 Å². The third-order valence-corrected chi connectivity index (χ3v) is 4.43. The van der Waals surface area contributed by atoms with Gasteiger partial charge in [0.25, 0.3) is 11.1 Å². The number of aromatic nitrogens is 1. The molecule has 0 aliphatic heterocycles. The van der Waals surface area contributed by atoms with Crippen LogP contribution in [0.2, 0.25) is 0 Å². The number of rotatable bonds is 5. The van der Waals surface area contributed by atoms with Gasteiger partial charge in [-0.25, -0.2) is 9.37 Å². The Balaban J connectivity index is 1.72. The number of amides is 1. The number of para-hydroxylation sites is 1. The lowest BCUT2D eigenvalue weighted by Crippen LogP contribution is -2.40. The van der Waals surface area contributed by atoms with Crippen molar-refractivity contribution in [3.05, 3.63) is 54.3 Å². The summed E-state index contributed by atoms with van der Waals surface area (Å²) in [4.78, 5) is 18.5. The summed E-state index contributed by atoms with van der Waals surface area (Å²) in [6.07, 6.45) is 0. The van der Waals surface area contributed by atoms with E-state index < -0.39 is 0 Å². The molecule has 0 fully saturated rings. The molecule has 3 rings (SSSR count). The van der Waals surface area contributed by atoms with E-state index in [0.29, 0.717) is 10.9 Å². The Labute approximate surface area is 143 Å². The van der Waals surface area contributed by atoms with Gasteiger partial charge in [0, 0.05) is 11.7 Å². The summed E-state index contributed by atoms with van der Waals surface area (Å²) >= 11 is 1.40. The van der Waals surface area contributed by atoms with Gasteiger partial charge in [0.05, 0.1) is 10.2 Å². The third-order valence-electron chi connectivity index (χ3n) is 3.48. The van der Waals surface area contributed by atoms with Crippen molar-refractivity contribution in [3.8, 4) is 5.19 Å². The summed E-state index contributed by atoms with van der Waals surface area (Å²) in [5.41, 5.74) is 1.49. The zero-order valence-corrected chi connectivity index (χ0v) is 14.2. The van der Waals surface area contributed by atoms with Crippen LogP contribution in [-0.4, -0.2) is 23.5 Å². The van der Waals surface area contributed by atoms with E-state index in [-0.39, 0.29) is 24.4 Å². The van der Waals surface area contributed by atoms with Crippen LogP contribution < -0.4 is 9.64 Å². The number of thiazole rings is 1. The van der Waals surface area contributed by atoms with Gasteiger partial charge in [-0.15, -0.1) is 0 Å². The van der Waals surface area contributed by atoms with E-state index in [0.717, 1.165) is 10.2 Å². The van der Waals surface area contributed by atoms with Crippen molar-refractivity contribution >= 4 is 33.1 Å². The van der Waals surface area contributed by atoms with Crippen LogP contribution in [0.3, 0.4) is 0 Å². The van der Waals surface area contributed by atoms with Gasteiger partial charge >= 0.3 is 0 Å². The lowest BCUT2D eigenvalue weighted by atomic mass is 10.2. The number of halogens is 1. The second-order valence-corrected chi connectivity index (χ2v) is 6.56. The molecule has 0 atom stereocenters. The summed E-state index contributed by atoms with van der Waals surface area (Å²) < 4.78 is 19.7. The van der Waals surface area contributed by atoms with Crippen LogP contribution in [0.4, 0.5) is 10.1 Å². The zero-order chi connectivity index (χ0) is 17.1. The molecule has 4 nitrogen and oxygen atoms in total. The first-order valence-electron chi connectivity index (χ1n) is 7.60. The summed E-state index contributed by atoms with van der Waals surface area (Å²) in [5.74, 6) is -0.531. The SMILES string of the molecule is CC(C)N(C(=O)COc1nc2ccccc2s1)c1ccc(F)cc1. The summed E-state index contributed by atoms with van der Waals surface area (Å²) in [5, 5.41) is 0.465. The van der Waals surface area contributed by atoms with Crippen molar-refractivity contribution in [2.45, 2.75) is 19.9 Å². The molecule has 0 unspecified atom stereocenters. The Morgan fingerprint density at radius 1 is 1.21 bits per heavy atom. The monoisotopic (exact) mass is 344 g/mol. The van der Waals surface area contributed by atoms with Crippen LogP contribution in [0.5, 0.6) is 5.19 Å². The molecule has 0 saturated heterocycles. The van der Waals surface area contributed by atoms with E-state index in [1.165, 1.54) is 23.5 Å². The predicted molar refractivity (Wildman–Crippen MR) is 94.1 cm³/mol.